The van der Waals surface area contributed by atoms with Crippen molar-refractivity contribution in [3.05, 3.63) is 79.4 Å². The molecule has 38 heavy (non-hydrogen) atoms. The third-order valence-corrected chi connectivity index (χ3v) is 7.17. The molecule has 0 fully saturated rings. The number of anilines is 4. The lowest BCUT2D eigenvalue weighted by atomic mass is 10.2. The highest BCUT2D eigenvalue weighted by Crippen LogP contribution is 2.43. The van der Waals surface area contributed by atoms with Crippen molar-refractivity contribution in [2.24, 2.45) is 0 Å². The van der Waals surface area contributed by atoms with E-state index in [4.69, 9.17) is 9.05 Å². The van der Waals surface area contributed by atoms with Crippen molar-refractivity contribution in [1.82, 2.24) is 25.3 Å². The van der Waals surface area contributed by atoms with E-state index in [0.29, 0.717) is 32.8 Å². The minimum absolute atomic E-state index is 0.0228. The molecular formula is C25H17N7O4S2. The fraction of sp³-hybridized carbons (Fsp3) is 0. The van der Waals surface area contributed by atoms with Crippen molar-refractivity contribution in [3.8, 4) is 22.6 Å². The highest BCUT2D eigenvalue weighted by Gasteiger charge is 2.23. The third-order valence-electron chi connectivity index (χ3n) is 5.24. The van der Waals surface area contributed by atoms with Gasteiger partial charge in [0.1, 0.15) is 18.0 Å². The molecule has 188 valence electrons. The summed E-state index contributed by atoms with van der Waals surface area (Å²) in [7, 11) is 0. The molecule has 0 amide bonds. The first kappa shape index (κ1) is 23.6. The second kappa shape index (κ2) is 10.3. The molecule has 11 nitrogen and oxygen atoms in total. The van der Waals surface area contributed by atoms with Crippen molar-refractivity contribution < 1.29 is 19.3 Å². The minimum Gasteiger partial charge on any atom is -0.501 e. The van der Waals surface area contributed by atoms with Crippen LogP contribution in [0.25, 0.3) is 11.1 Å². The summed E-state index contributed by atoms with van der Waals surface area (Å²) in [6.45, 7) is 0. The molecule has 0 spiro atoms. The van der Waals surface area contributed by atoms with Gasteiger partial charge in [0.05, 0.1) is 0 Å². The van der Waals surface area contributed by atoms with Crippen LogP contribution in [0.15, 0.2) is 108 Å². The number of hydrogen-bond acceptors (Lipinski definition) is 13. The predicted octanol–water partition coefficient (Wildman–Crippen LogP) is 6.15. The van der Waals surface area contributed by atoms with E-state index in [2.05, 4.69) is 35.9 Å². The number of aromatic hydroxyl groups is 2. The van der Waals surface area contributed by atoms with E-state index in [1.165, 1.54) is 29.9 Å². The first-order chi connectivity index (χ1) is 18.7. The van der Waals surface area contributed by atoms with E-state index < -0.39 is 0 Å². The molecule has 4 heterocycles. The molecule has 0 saturated heterocycles. The predicted molar refractivity (Wildman–Crippen MR) is 140 cm³/mol. The van der Waals surface area contributed by atoms with E-state index >= 15 is 0 Å². The molecule has 0 unspecified atom stereocenters. The SMILES string of the molecule is Oc1c(Sc2ccccc2)noc1Nc1ncnc(Nc2onc(Sc3ccccc3)c2O)c2cncc1-2. The van der Waals surface area contributed by atoms with Crippen LogP contribution in [0.2, 0.25) is 0 Å². The molecule has 2 aliphatic heterocycles. The molecule has 0 saturated carbocycles. The van der Waals surface area contributed by atoms with Gasteiger partial charge in [0, 0.05) is 33.3 Å². The lowest BCUT2D eigenvalue weighted by Gasteiger charge is -2.05. The van der Waals surface area contributed by atoms with Crippen molar-refractivity contribution in [2.75, 3.05) is 10.6 Å². The van der Waals surface area contributed by atoms with Crippen LogP contribution in [0, 0.1) is 0 Å². The van der Waals surface area contributed by atoms with Crippen LogP contribution in [0.3, 0.4) is 0 Å². The molecule has 0 radical (unpaired) electrons. The van der Waals surface area contributed by atoms with Crippen molar-refractivity contribution in [2.45, 2.75) is 19.8 Å². The summed E-state index contributed by atoms with van der Waals surface area (Å²) >= 11 is 2.53. The van der Waals surface area contributed by atoms with E-state index in [0.717, 1.165) is 9.79 Å². The summed E-state index contributed by atoms with van der Waals surface area (Å²) < 4.78 is 10.7. The second-order valence-corrected chi connectivity index (χ2v) is 9.84. The number of nitrogens with zero attached hydrogens (tertiary/aromatic N) is 5. The van der Waals surface area contributed by atoms with Gasteiger partial charge in [-0.05, 0) is 24.3 Å². The van der Waals surface area contributed by atoms with Crippen molar-refractivity contribution in [1.29, 1.82) is 0 Å². The summed E-state index contributed by atoms with van der Waals surface area (Å²) in [4.78, 5) is 14.7. The van der Waals surface area contributed by atoms with Gasteiger partial charge in [0.25, 0.3) is 11.8 Å². The zero-order valence-electron chi connectivity index (χ0n) is 19.3. The lowest BCUT2D eigenvalue weighted by Crippen LogP contribution is -1.94. The van der Waals surface area contributed by atoms with Gasteiger partial charge in [-0.25, -0.2) is 9.97 Å². The van der Waals surface area contributed by atoms with Crippen LogP contribution in [-0.2, 0) is 0 Å². The van der Waals surface area contributed by atoms with Gasteiger partial charge in [-0.3, -0.25) is 4.98 Å². The largest absolute Gasteiger partial charge is 0.501 e. The van der Waals surface area contributed by atoms with Gasteiger partial charge in [-0.2, -0.15) is 0 Å². The lowest BCUT2D eigenvalue weighted by molar-refractivity contribution is 0.416. The number of aromatic nitrogens is 5. The van der Waals surface area contributed by atoms with Crippen LogP contribution in [0.1, 0.15) is 0 Å². The van der Waals surface area contributed by atoms with E-state index in [9.17, 15) is 10.2 Å². The average molecular weight is 544 g/mol. The normalized spacial score (nSPS) is 11.1. The van der Waals surface area contributed by atoms with Crippen LogP contribution in [-0.4, -0.2) is 35.5 Å². The van der Waals surface area contributed by atoms with Crippen LogP contribution in [0.5, 0.6) is 11.5 Å². The van der Waals surface area contributed by atoms with Crippen molar-refractivity contribution >= 4 is 46.9 Å². The Kier molecular flexibility index (Phi) is 6.42. The maximum absolute atomic E-state index is 10.7. The average Bonchev–Trinajstić information content (AvgIpc) is 3.62. The van der Waals surface area contributed by atoms with E-state index in [1.807, 2.05) is 60.7 Å². The summed E-state index contributed by atoms with van der Waals surface area (Å²) in [6.07, 6.45) is 4.48. The van der Waals surface area contributed by atoms with Crippen LogP contribution < -0.4 is 10.6 Å². The fourth-order valence-corrected chi connectivity index (χ4v) is 5.00. The Morgan fingerprint density at radius 1 is 0.632 bits per heavy atom. The second-order valence-electron chi connectivity index (χ2n) is 7.72. The molecule has 0 aliphatic carbocycles. The number of rotatable bonds is 8. The number of hydrogen-bond donors (Lipinski definition) is 4. The van der Waals surface area contributed by atoms with Crippen LogP contribution >= 0.6 is 23.5 Å². The number of nitrogens with one attached hydrogen (secondary N) is 2. The quantitative estimate of drug-likeness (QED) is 0.173. The highest BCUT2D eigenvalue weighted by molar-refractivity contribution is 7.99. The zero-order valence-corrected chi connectivity index (χ0v) is 20.9. The smallest absolute Gasteiger partial charge is 0.273 e. The van der Waals surface area contributed by atoms with E-state index in [1.54, 1.807) is 12.4 Å². The molecule has 13 heteroatoms. The summed E-state index contributed by atoms with van der Waals surface area (Å²) in [5.41, 5.74) is 1.13. The third kappa shape index (κ3) is 4.79. The highest BCUT2D eigenvalue weighted by atomic mass is 32.2. The molecular weight excluding hydrogens is 526 g/mol. The van der Waals surface area contributed by atoms with Gasteiger partial charge < -0.3 is 29.9 Å². The maximum Gasteiger partial charge on any atom is 0.273 e. The summed E-state index contributed by atoms with van der Waals surface area (Å²) in [5, 5.41) is 35.8. The molecule has 2 aromatic heterocycles. The first-order valence-corrected chi connectivity index (χ1v) is 12.7. The van der Waals surface area contributed by atoms with E-state index in [-0.39, 0.29) is 23.3 Å². The molecule has 2 aromatic carbocycles. The zero-order chi connectivity index (χ0) is 25.9. The molecule has 4 N–H and O–H groups in total. The van der Waals surface area contributed by atoms with Gasteiger partial charge >= 0.3 is 0 Å². The molecule has 0 atom stereocenters. The molecule has 6 rings (SSSR count). The van der Waals surface area contributed by atoms with Gasteiger partial charge in [-0.1, -0.05) is 70.2 Å². The monoisotopic (exact) mass is 543 g/mol. The Bertz CT molecular complexity index is 1540. The molecule has 4 aromatic rings. The standard InChI is InChI=1S/C25H17N7O4S2/c33-18-22(35-31-24(18)37-14-7-3-1-4-8-14)29-20-16-11-26-12-17(16)21(28-13-27-20)30-23-19(34)25(32-36-23)38-15-9-5-2-6-10-15/h1-13,33-34H,(H2,27,28,29,30). The topological polar surface area (TPSA) is 155 Å². The van der Waals surface area contributed by atoms with Gasteiger partial charge in [0.2, 0.25) is 11.5 Å². The Balaban J connectivity index is 1.23. The van der Waals surface area contributed by atoms with Crippen molar-refractivity contribution in [3.63, 3.8) is 0 Å². The molecule has 0 bridgehead atoms. The first-order valence-electron chi connectivity index (χ1n) is 11.1. The summed E-state index contributed by atoms with van der Waals surface area (Å²) in [6, 6.07) is 19.0. The Labute approximate surface area is 223 Å². The van der Waals surface area contributed by atoms with Crippen LogP contribution in [0.4, 0.5) is 23.4 Å². The number of benzene rings is 2. The maximum atomic E-state index is 10.7. The Hall–Kier alpha value is -4.75. The Morgan fingerprint density at radius 3 is 1.53 bits per heavy atom. The fourth-order valence-electron chi connectivity index (χ4n) is 3.44. The summed E-state index contributed by atoms with van der Waals surface area (Å²) in [5.74, 6) is 0.386. The van der Waals surface area contributed by atoms with Gasteiger partial charge in [0.15, 0.2) is 10.1 Å². The Morgan fingerprint density at radius 2 is 1.08 bits per heavy atom. The minimum atomic E-state index is -0.152. The number of fused-ring (bicyclic) bond motifs is 1. The molecule has 2 aliphatic rings. The van der Waals surface area contributed by atoms with Gasteiger partial charge in [-0.15, -0.1) is 0 Å².